The number of alkyl halides is 1. The molecule has 8 nitrogen and oxygen atoms in total. The van der Waals surface area contributed by atoms with E-state index >= 15 is 4.39 Å². The van der Waals surface area contributed by atoms with Gasteiger partial charge in [-0.15, -0.1) is 0 Å². The lowest BCUT2D eigenvalue weighted by Gasteiger charge is -2.58. The first-order valence-corrected chi connectivity index (χ1v) is 13.7. The number of ether oxygens (including phenoxy) is 2. The van der Waals surface area contributed by atoms with Crippen LogP contribution in [-0.2, 0) is 19.1 Å². The van der Waals surface area contributed by atoms with E-state index in [9.17, 15) is 14.4 Å². The molecule has 0 aromatic carbocycles. The number of hydrazone groups is 1. The van der Waals surface area contributed by atoms with Crippen molar-refractivity contribution in [3.63, 3.8) is 0 Å². The van der Waals surface area contributed by atoms with E-state index in [4.69, 9.17) is 9.47 Å². The molecular formula is C28H42FN3O5. The molecule has 0 aromatic rings. The monoisotopic (exact) mass is 519 g/mol. The summed E-state index contributed by atoms with van der Waals surface area (Å²) in [5.41, 5.74) is 1.18. The van der Waals surface area contributed by atoms with Gasteiger partial charge in [0.2, 0.25) is 5.91 Å². The van der Waals surface area contributed by atoms with Crippen LogP contribution in [0.25, 0.3) is 0 Å². The van der Waals surface area contributed by atoms with Crippen molar-refractivity contribution in [3.8, 4) is 0 Å². The average Bonchev–Trinajstić information content (AvgIpc) is 3.05. The van der Waals surface area contributed by atoms with Crippen molar-refractivity contribution in [1.82, 2.24) is 10.7 Å². The summed E-state index contributed by atoms with van der Waals surface area (Å²) in [7, 11) is 0. The van der Waals surface area contributed by atoms with E-state index in [1.54, 1.807) is 13.8 Å². The SMILES string of the molecule is CCOC(=O)N/N=C(\C)[C@@]1(F)[C@H](NC(C)=O)CC2C3CC=C4C[C@@H](OC(C)=O)CC[C@]4(C)C3CC[C@@]21C. The summed E-state index contributed by atoms with van der Waals surface area (Å²) in [6.45, 7) is 10.7. The van der Waals surface area contributed by atoms with E-state index in [1.807, 2.05) is 6.92 Å². The van der Waals surface area contributed by atoms with Crippen molar-refractivity contribution < 1.29 is 28.2 Å². The first-order chi connectivity index (χ1) is 17.4. The molecule has 0 aromatic heterocycles. The largest absolute Gasteiger partial charge is 0.462 e. The van der Waals surface area contributed by atoms with Gasteiger partial charge >= 0.3 is 12.1 Å². The van der Waals surface area contributed by atoms with Gasteiger partial charge in [-0.05, 0) is 75.5 Å². The topological polar surface area (TPSA) is 106 Å². The molecule has 0 heterocycles. The van der Waals surface area contributed by atoms with Crippen molar-refractivity contribution in [3.05, 3.63) is 11.6 Å². The molecule has 3 saturated carbocycles. The second kappa shape index (κ2) is 10.0. The van der Waals surface area contributed by atoms with Crippen LogP contribution in [0.15, 0.2) is 16.8 Å². The lowest BCUT2D eigenvalue weighted by atomic mass is 9.47. The number of esters is 1. The predicted molar refractivity (Wildman–Crippen MR) is 137 cm³/mol. The predicted octanol–water partition coefficient (Wildman–Crippen LogP) is 4.83. The van der Waals surface area contributed by atoms with Crippen LogP contribution < -0.4 is 10.7 Å². The quantitative estimate of drug-likeness (QED) is 0.234. The fraction of sp³-hybridized carbons (Fsp3) is 0.786. The van der Waals surface area contributed by atoms with E-state index < -0.39 is 23.2 Å². The van der Waals surface area contributed by atoms with Crippen LogP contribution in [0.4, 0.5) is 9.18 Å². The summed E-state index contributed by atoms with van der Waals surface area (Å²) in [6, 6.07) is -0.732. The van der Waals surface area contributed by atoms with Crippen molar-refractivity contribution in [2.24, 2.45) is 33.7 Å². The molecule has 0 saturated heterocycles. The first-order valence-electron chi connectivity index (χ1n) is 13.7. The molecule has 206 valence electrons. The number of amides is 2. The molecule has 0 radical (unpaired) electrons. The lowest BCUT2D eigenvalue weighted by Crippen LogP contribution is -2.60. The van der Waals surface area contributed by atoms with Crippen LogP contribution in [-0.4, -0.2) is 48.1 Å². The van der Waals surface area contributed by atoms with Gasteiger partial charge in [-0.3, -0.25) is 9.59 Å². The lowest BCUT2D eigenvalue weighted by molar-refractivity contribution is -0.148. The number of halogens is 1. The molecule has 4 rings (SSSR count). The highest BCUT2D eigenvalue weighted by Crippen LogP contribution is 2.68. The molecular weight excluding hydrogens is 477 g/mol. The third-order valence-electron chi connectivity index (χ3n) is 10.1. The minimum absolute atomic E-state index is 0.000555. The molecule has 8 atom stereocenters. The Morgan fingerprint density at radius 3 is 2.51 bits per heavy atom. The third kappa shape index (κ3) is 4.56. The minimum atomic E-state index is -1.91. The van der Waals surface area contributed by atoms with Gasteiger partial charge < -0.3 is 14.8 Å². The number of carbonyl (C=O) groups excluding carboxylic acids is 3. The standard InChI is InChI=1S/C28H42FN3O5/c1-7-36-25(35)32-31-16(2)28(29)24(30-17(3)33)15-23-21-9-8-19-14-20(37-18(4)34)10-12-26(19,5)22(21)11-13-27(23,28)6/h8,20-24H,7,9-15H2,1-6H3,(H,30,33)(H,32,35)/b31-16+/t20-,21?,22?,23?,24+,26-,27-,28+/m0/s1. The summed E-state index contributed by atoms with van der Waals surface area (Å²) >= 11 is 0. The number of nitrogens with zero attached hydrogens (tertiary/aromatic N) is 1. The first kappa shape index (κ1) is 27.6. The second-order valence-electron chi connectivity index (χ2n) is 11.9. The molecule has 0 aliphatic heterocycles. The van der Waals surface area contributed by atoms with Crippen molar-refractivity contribution in [2.45, 2.75) is 104 Å². The maximum atomic E-state index is 17.4. The van der Waals surface area contributed by atoms with Gasteiger partial charge in [0.1, 0.15) is 6.10 Å². The van der Waals surface area contributed by atoms with Gasteiger partial charge in [-0.25, -0.2) is 14.6 Å². The molecule has 9 heteroatoms. The fourth-order valence-electron chi connectivity index (χ4n) is 8.43. The maximum Gasteiger partial charge on any atom is 0.427 e. The molecule has 4 aliphatic carbocycles. The fourth-order valence-corrected chi connectivity index (χ4v) is 8.43. The van der Waals surface area contributed by atoms with Crippen LogP contribution in [0, 0.1) is 28.6 Å². The molecule has 3 unspecified atom stereocenters. The van der Waals surface area contributed by atoms with Crippen molar-refractivity contribution in [2.75, 3.05) is 6.61 Å². The smallest absolute Gasteiger partial charge is 0.427 e. The number of fused-ring (bicyclic) bond motifs is 5. The number of nitrogens with one attached hydrogen (secondary N) is 2. The van der Waals surface area contributed by atoms with Crippen LogP contribution in [0.2, 0.25) is 0 Å². The summed E-state index contributed by atoms with van der Waals surface area (Å²) in [4.78, 5) is 35.5. The van der Waals surface area contributed by atoms with E-state index in [0.29, 0.717) is 18.8 Å². The Labute approximate surface area is 219 Å². The number of hydrogen-bond donors (Lipinski definition) is 2. The Balaban J connectivity index is 1.65. The zero-order chi connectivity index (χ0) is 27.2. The van der Waals surface area contributed by atoms with E-state index in [-0.39, 0.29) is 47.5 Å². The van der Waals surface area contributed by atoms with Crippen LogP contribution in [0.5, 0.6) is 0 Å². The van der Waals surface area contributed by atoms with Gasteiger partial charge in [0.15, 0.2) is 5.67 Å². The van der Waals surface area contributed by atoms with Gasteiger partial charge in [0.25, 0.3) is 0 Å². The highest BCUT2D eigenvalue weighted by Gasteiger charge is 2.70. The Bertz CT molecular complexity index is 1010. The van der Waals surface area contributed by atoms with E-state index in [0.717, 1.165) is 32.1 Å². The van der Waals surface area contributed by atoms with Crippen LogP contribution in [0.3, 0.4) is 0 Å². The van der Waals surface area contributed by atoms with Crippen LogP contribution >= 0.6 is 0 Å². The third-order valence-corrected chi connectivity index (χ3v) is 10.1. The Hall–Kier alpha value is -2.45. The Morgan fingerprint density at radius 2 is 1.86 bits per heavy atom. The van der Waals surface area contributed by atoms with Gasteiger partial charge in [-0.1, -0.05) is 25.5 Å². The number of rotatable bonds is 5. The molecule has 0 spiro atoms. The zero-order valence-corrected chi connectivity index (χ0v) is 23.0. The molecule has 37 heavy (non-hydrogen) atoms. The van der Waals surface area contributed by atoms with E-state index in [1.165, 1.54) is 19.4 Å². The minimum Gasteiger partial charge on any atom is -0.462 e. The van der Waals surface area contributed by atoms with Crippen LogP contribution in [0.1, 0.15) is 86.5 Å². The van der Waals surface area contributed by atoms with Gasteiger partial charge in [0.05, 0.1) is 18.4 Å². The molecule has 2 N–H and O–H groups in total. The number of allylic oxidation sites excluding steroid dienone is 1. The summed E-state index contributed by atoms with van der Waals surface area (Å²) in [5, 5.41) is 7.01. The van der Waals surface area contributed by atoms with Crippen molar-refractivity contribution in [1.29, 1.82) is 0 Å². The Kier molecular flexibility index (Phi) is 7.47. The number of carbonyl (C=O) groups is 3. The number of hydrogen-bond acceptors (Lipinski definition) is 6. The van der Waals surface area contributed by atoms with Gasteiger partial charge in [-0.2, -0.15) is 5.10 Å². The molecule has 2 amide bonds. The zero-order valence-electron chi connectivity index (χ0n) is 23.0. The normalized spacial score (nSPS) is 40.9. The average molecular weight is 520 g/mol. The van der Waals surface area contributed by atoms with Crippen molar-refractivity contribution >= 4 is 23.7 Å². The molecule has 4 aliphatic rings. The highest BCUT2D eigenvalue weighted by atomic mass is 19.1. The molecule has 0 bridgehead atoms. The van der Waals surface area contributed by atoms with E-state index in [2.05, 4.69) is 28.8 Å². The summed E-state index contributed by atoms with van der Waals surface area (Å²) in [5.74, 6) is 0.205. The highest BCUT2D eigenvalue weighted by molar-refractivity contribution is 5.94. The Morgan fingerprint density at radius 1 is 1.14 bits per heavy atom. The summed E-state index contributed by atoms with van der Waals surface area (Å²) < 4.78 is 27.9. The van der Waals surface area contributed by atoms with Gasteiger partial charge in [0, 0.05) is 25.7 Å². The second-order valence-corrected chi connectivity index (χ2v) is 11.9. The molecule has 3 fully saturated rings. The summed E-state index contributed by atoms with van der Waals surface area (Å²) in [6.07, 6.45) is 6.99. The maximum absolute atomic E-state index is 17.4.